The van der Waals surface area contributed by atoms with Crippen LogP contribution < -0.4 is 4.74 Å². The maximum atomic E-state index is 5.97. The summed E-state index contributed by atoms with van der Waals surface area (Å²) in [5.41, 5.74) is 5.33. The van der Waals surface area contributed by atoms with Gasteiger partial charge in [0.05, 0.1) is 5.69 Å². The summed E-state index contributed by atoms with van der Waals surface area (Å²) in [4.78, 5) is 11.6. The predicted octanol–water partition coefficient (Wildman–Crippen LogP) is 3.40. The fraction of sp³-hybridized carbons (Fsp3) is 0.455. The molecule has 134 valence electrons. The Hall–Kier alpha value is -2.20. The van der Waals surface area contributed by atoms with E-state index in [2.05, 4.69) is 53.3 Å². The fourth-order valence-electron chi connectivity index (χ4n) is 4.77. The summed E-state index contributed by atoms with van der Waals surface area (Å²) in [6.45, 7) is 1.84. The van der Waals surface area contributed by atoms with Crippen molar-refractivity contribution in [2.24, 2.45) is 0 Å². The Balaban J connectivity index is 1.37. The number of likely N-dealkylation sites (N-methyl/N-ethyl adjacent to an activating group) is 1. The molecular formula is C22H25N3O. The molecule has 3 aliphatic rings. The highest BCUT2D eigenvalue weighted by atomic mass is 16.5. The van der Waals surface area contributed by atoms with E-state index in [-0.39, 0.29) is 5.41 Å². The van der Waals surface area contributed by atoms with Gasteiger partial charge in [-0.2, -0.15) is 4.98 Å². The predicted molar refractivity (Wildman–Crippen MR) is 102 cm³/mol. The molecule has 0 bridgehead atoms. The Morgan fingerprint density at radius 3 is 3.12 bits per heavy atom. The number of hydrogen-bond donors (Lipinski definition) is 0. The number of aryl methyl sites for hydroxylation is 1. The standard InChI is InChI=1S/C22H25N3O/c1-25-12-4-6-18(25)15-26-21-23-14-17-9-11-22(13-20(17)24-21)10-8-16-5-2-3-7-19(16)22/h2-3,5,7-8,10,14,18H,4,6,9,11-13,15H2,1H3/t18-,22?/m0/s1. The van der Waals surface area contributed by atoms with E-state index in [1.165, 1.54) is 29.5 Å². The molecule has 2 atom stereocenters. The first-order valence-corrected chi connectivity index (χ1v) is 9.70. The van der Waals surface area contributed by atoms with E-state index in [1.807, 2.05) is 6.20 Å². The molecule has 0 N–H and O–H groups in total. The van der Waals surface area contributed by atoms with Gasteiger partial charge in [-0.3, -0.25) is 0 Å². The van der Waals surface area contributed by atoms with Crippen LogP contribution in [0.3, 0.4) is 0 Å². The van der Waals surface area contributed by atoms with E-state index >= 15 is 0 Å². The molecule has 2 aliphatic carbocycles. The molecule has 0 saturated carbocycles. The zero-order valence-corrected chi connectivity index (χ0v) is 15.3. The fourth-order valence-corrected chi connectivity index (χ4v) is 4.77. The molecule has 1 spiro atoms. The van der Waals surface area contributed by atoms with Crippen LogP contribution in [0.4, 0.5) is 0 Å². The molecular weight excluding hydrogens is 322 g/mol. The van der Waals surface area contributed by atoms with E-state index in [0.717, 1.165) is 31.5 Å². The van der Waals surface area contributed by atoms with Crippen molar-refractivity contribution >= 4 is 6.08 Å². The third-order valence-electron chi connectivity index (χ3n) is 6.41. The van der Waals surface area contributed by atoms with Crippen molar-refractivity contribution in [2.75, 3.05) is 20.2 Å². The number of aromatic nitrogens is 2. The number of fused-ring (bicyclic) bond motifs is 3. The number of benzene rings is 1. The van der Waals surface area contributed by atoms with Crippen LogP contribution >= 0.6 is 0 Å². The Morgan fingerprint density at radius 2 is 2.23 bits per heavy atom. The lowest BCUT2D eigenvalue weighted by Crippen LogP contribution is -2.32. The highest BCUT2D eigenvalue weighted by Gasteiger charge is 2.38. The molecule has 2 heterocycles. The summed E-state index contributed by atoms with van der Waals surface area (Å²) < 4.78 is 5.97. The number of ether oxygens (including phenoxy) is 1. The highest BCUT2D eigenvalue weighted by molar-refractivity contribution is 5.66. The maximum absolute atomic E-state index is 5.97. The number of hydrogen-bond acceptors (Lipinski definition) is 4. The van der Waals surface area contributed by atoms with Crippen molar-refractivity contribution in [3.05, 3.63) is 58.9 Å². The second kappa shape index (κ2) is 6.20. The van der Waals surface area contributed by atoms with Gasteiger partial charge in [0.25, 0.3) is 0 Å². The summed E-state index contributed by atoms with van der Waals surface area (Å²) in [5, 5.41) is 0. The van der Waals surface area contributed by atoms with Crippen molar-refractivity contribution in [3.63, 3.8) is 0 Å². The normalized spacial score (nSPS) is 26.9. The Bertz CT molecular complexity index is 862. The van der Waals surface area contributed by atoms with Gasteiger partial charge in [0.1, 0.15) is 6.61 Å². The van der Waals surface area contributed by atoms with E-state index in [9.17, 15) is 0 Å². The average molecular weight is 347 g/mol. The number of nitrogens with zero attached hydrogens (tertiary/aromatic N) is 3. The SMILES string of the molecule is CN1CCC[C@H]1COc1ncc2c(n1)CC1(C=Cc3ccccc31)CC2. The van der Waals surface area contributed by atoms with Gasteiger partial charge in [-0.1, -0.05) is 36.4 Å². The lowest BCUT2D eigenvalue weighted by molar-refractivity contribution is 0.187. The van der Waals surface area contributed by atoms with Gasteiger partial charge in [0.15, 0.2) is 0 Å². The van der Waals surface area contributed by atoms with Crippen LogP contribution in [0.5, 0.6) is 6.01 Å². The molecule has 1 saturated heterocycles. The lowest BCUT2D eigenvalue weighted by atomic mass is 9.70. The highest BCUT2D eigenvalue weighted by Crippen LogP contribution is 2.44. The minimum Gasteiger partial charge on any atom is -0.462 e. The average Bonchev–Trinajstić information content (AvgIpc) is 3.24. The summed E-state index contributed by atoms with van der Waals surface area (Å²) >= 11 is 0. The second-order valence-corrected chi connectivity index (χ2v) is 7.97. The topological polar surface area (TPSA) is 38.2 Å². The molecule has 4 nitrogen and oxygen atoms in total. The van der Waals surface area contributed by atoms with Gasteiger partial charge in [-0.25, -0.2) is 4.98 Å². The van der Waals surface area contributed by atoms with Gasteiger partial charge in [-0.05, 0) is 56.0 Å². The van der Waals surface area contributed by atoms with Crippen molar-refractivity contribution in [1.29, 1.82) is 0 Å². The third-order valence-corrected chi connectivity index (χ3v) is 6.41. The minimum atomic E-state index is 0.0981. The molecule has 26 heavy (non-hydrogen) atoms. The minimum absolute atomic E-state index is 0.0981. The van der Waals surface area contributed by atoms with E-state index in [1.54, 1.807) is 0 Å². The van der Waals surface area contributed by atoms with Crippen LogP contribution in [0, 0.1) is 0 Å². The first-order valence-electron chi connectivity index (χ1n) is 9.70. The first kappa shape index (κ1) is 16.0. The monoisotopic (exact) mass is 347 g/mol. The van der Waals surface area contributed by atoms with Crippen LogP contribution in [0.1, 0.15) is 41.6 Å². The maximum Gasteiger partial charge on any atom is 0.316 e. The Labute approximate surface area is 154 Å². The molecule has 1 aliphatic heterocycles. The number of rotatable bonds is 3. The quantitative estimate of drug-likeness (QED) is 0.853. The number of allylic oxidation sites excluding steroid dienone is 1. The summed E-state index contributed by atoms with van der Waals surface area (Å²) in [5.74, 6) is 0. The van der Waals surface area contributed by atoms with Crippen molar-refractivity contribution in [1.82, 2.24) is 14.9 Å². The summed E-state index contributed by atoms with van der Waals surface area (Å²) in [6.07, 6.45) is 12.2. The molecule has 1 fully saturated rings. The summed E-state index contributed by atoms with van der Waals surface area (Å²) in [7, 11) is 2.17. The third kappa shape index (κ3) is 2.64. The zero-order chi connectivity index (χ0) is 17.6. The second-order valence-electron chi connectivity index (χ2n) is 7.97. The molecule has 2 aromatic rings. The van der Waals surface area contributed by atoms with Gasteiger partial charge >= 0.3 is 6.01 Å². The molecule has 4 heteroatoms. The Kier molecular flexibility index (Phi) is 3.82. The van der Waals surface area contributed by atoms with Crippen LogP contribution in [0.15, 0.2) is 36.5 Å². The van der Waals surface area contributed by atoms with Crippen molar-refractivity contribution < 1.29 is 4.74 Å². The van der Waals surface area contributed by atoms with Gasteiger partial charge in [-0.15, -0.1) is 0 Å². The first-order chi connectivity index (χ1) is 12.7. The van der Waals surface area contributed by atoms with Gasteiger partial charge in [0.2, 0.25) is 0 Å². The van der Waals surface area contributed by atoms with Gasteiger partial charge in [0, 0.05) is 24.1 Å². The van der Waals surface area contributed by atoms with Crippen molar-refractivity contribution in [3.8, 4) is 6.01 Å². The molecule has 1 aromatic heterocycles. The summed E-state index contributed by atoms with van der Waals surface area (Å²) in [6, 6.07) is 9.78. The Morgan fingerprint density at radius 1 is 1.31 bits per heavy atom. The molecule has 1 unspecified atom stereocenters. The smallest absolute Gasteiger partial charge is 0.316 e. The van der Waals surface area contributed by atoms with E-state index in [4.69, 9.17) is 9.72 Å². The lowest BCUT2D eigenvalue weighted by Gasteiger charge is -2.34. The van der Waals surface area contributed by atoms with E-state index in [0.29, 0.717) is 18.7 Å². The largest absolute Gasteiger partial charge is 0.462 e. The van der Waals surface area contributed by atoms with Crippen LogP contribution in [-0.2, 0) is 18.3 Å². The van der Waals surface area contributed by atoms with Crippen molar-refractivity contribution in [2.45, 2.75) is 43.6 Å². The molecule has 1 aromatic carbocycles. The number of likely N-dealkylation sites (tertiary alicyclic amines) is 1. The van der Waals surface area contributed by atoms with Crippen LogP contribution in [0.2, 0.25) is 0 Å². The van der Waals surface area contributed by atoms with Crippen LogP contribution in [-0.4, -0.2) is 41.1 Å². The van der Waals surface area contributed by atoms with E-state index < -0.39 is 0 Å². The zero-order valence-electron chi connectivity index (χ0n) is 15.3. The molecule has 0 amide bonds. The van der Waals surface area contributed by atoms with Crippen LogP contribution in [0.25, 0.3) is 6.08 Å². The van der Waals surface area contributed by atoms with Gasteiger partial charge < -0.3 is 9.64 Å². The molecule has 5 rings (SSSR count). The molecule has 0 radical (unpaired) electrons.